The molecule has 0 aliphatic carbocycles. The Balaban J connectivity index is 1.35. The fourth-order valence-electron chi connectivity index (χ4n) is 3.66. The molecular formula is C22H23ClFN5O3S. The fraction of sp³-hybridized carbons (Fsp3) is 0.364. The first-order valence-electron chi connectivity index (χ1n) is 10.4. The molecule has 3 aromatic rings. The molecule has 0 saturated carbocycles. The Kier molecular flexibility index (Phi) is 6.66. The van der Waals surface area contributed by atoms with Crippen molar-refractivity contribution in [3.05, 3.63) is 62.1 Å². The summed E-state index contributed by atoms with van der Waals surface area (Å²) in [5.41, 5.74) is 2.05. The zero-order valence-electron chi connectivity index (χ0n) is 18.4. The van der Waals surface area contributed by atoms with E-state index in [0.29, 0.717) is 37.2 Å². The lowest BCUT2D eigenvalue weighted by Crippen LogP contribution is -2.29. The fourth-order valence-corrected chi connectivity index (χ4v) is 4.75. The molecule has 0 radical (unpaired) electrons. The summed E-state index contributed by atoms with van der Waals surface area (Å²) in [6.45, 7) is 4.89. The van der Waals surface area contributed by atoms with Crippen LogP contribution in [0.25, 0.3) is 0 Å². The van der Waals surface area contributed by atoms with Crippen molar-refractivity contribution in [1.29, 1.82) is 0 Å². The van der Waals surface area contributed by atoms with E-state index in [0.717, 1.165) is 15.6 Å². The van der Waals surface area contributed by atoms with Gasteiger partial charge in [-0.2, -0.15) is 5.10 Å². The number of nitrogens with one attached hydrogen (secondary N) is 1. The van der Waals surface area contributed by atoms with Crippen LogP contribution in [0.5, 0.6) is 0 Å². The second kappa shape index (κ2) is 9.48. The molecule has 1 unspecified atom stereocenters. The van der Waals surface area contributed by atoms with Crippen LogP contribution in [0.2, 0.25) is 5.02 Å². The van der Waals surface area contributed by atoms with E-state index >= 15 is 0 Å². The van der Waals surface area contributed by atoms with E-state index in [-0.39, 0.29) is 16.5 Å². The second-order valence-electron chi connectivity index (χ2n) is 7.89. The summed E-state index contributed by atoms with van der Waals surface area (Å²) in [5, 5.41) is 7.66. The van der Waals surface area contributed by atoms with Crippen LogP contribution in [0.15, 0.2) is 24.5 Å². The molecule has 3 heterocycles. The molecule has 0 spiro atoms. The third-order valence-electron chi connectivity index (χ3n) is 5.50. The number of carbonyl (C=O) groups is 2. The Labute approximate surface area is 199 Å². The van der Waals surface area contributed by atoms with E-state index < -0.39 is 18.0 Å². The zero-order chi connectivity index (χ0) is 23.7. The third kappa shape index (κ3) is 5.01. The van der Waals surface area contributed by atoms with Crippen molar-refractivity contribution in [2.75, 3.05) is 18.9 Å². The van der Waals surface area contributed by atoms with Gasteiger partial charge in [-0.25, -0.2) is 14.2 Å². The Bertz CT molecular complexity index is 1190. The van der Waals surface area contributed by atoms with Crippen LogP contribution in [0.4, 0.5) is 14.9 Å². The van der Waals surface area contributed by atoms with Gasteiger partial charge in [0.25, 0.3) is 5.91 Å². The smallest absolute Gasteiger partial charge is 0.412 e. The third-order valence-corrected chi connectivity index (χ3v) is 6.85. The number of hydrogen-bond acceptors (Lipinski definition) is 6. The first kappa shape index (κ1) is 23.2. The molecule has 11 heteroatoms. The topological polar surface area (TPSA) is 89.4 Å². The molecule has 174 valence electrons. The van der Waals surface area contributed by atoms with Crippen molar-refractivity contribution in [1.82, 2.24) is 19.7 Å². The number of halogens is 2. The van der Waals surface area contributed by atoms with Crippen LogP contribution in [0.3, 0.4) is 0 Å². The normalized spacial score (nSPS) is 15.1. The van der Waals surface area contributed by atoms with Crippen molar-refractivity contribution in [2.45, 2.75) is 39.3 Å². The highest BCUT2D eigenvalue weighted by Gasteiger charge is 2.30. The monoisotopic (exact) mass is 491 g/mol. The number of benzene rings is 1. The number of nitrogens with zero attached hydrogens (tertiary/aromatic N) is 4. The molecule has 4 rings (SSSR count). The summed E-state index contributed by atoms with van der Waals surface area (Å²) in [7, 11) is 1.69. The molecule has 1 aliphatic rings. The van der Waals surface area contributed by atoms with Gasteiger partial charge in [0.05, 0.1) is 40.3 Å². The van der Waals surface area contributed by atoms with E-state index in [1.165, 1.54) is 12.3 Å². The van der Waals surface area contributed by atoms with Gasteiger partial charge in [0.2, 0.25) is 0 Å². The number of carbonyl (C=O) groups excluding carboxylic acids is 2. The van der Waals surface area contributed by atoms with Crippen molar-refractivity contribution in [2.24, 2.45) is 0 Å². The molecule has 1 aliphatic heterocycles. The summed E-state index contributed by atoms with van der Waals surface area (Å²) in [6, 6.07) is 2.94. The Morgan fingerprint density at radius 3 is 2.91 bits per heavy atom. The molecular weight excluding hydrogens is 469 g/mol. The Morgan fingerprint density at radius 2 is 2.18 bits per heavy atom. The maximum atomic E-state index is 14.5. The number of anilines is 1. The van der Waals surface area contributed by atoms with Crippen molar-refractivity contribution < 1.29 is 18.7 Å². The summed E-state index contributed by atoms with van der Waals surface area (Å²) >= 11 is 7.51. The van der Waals surface area contributed by atoms with Gasteiger partial charge >= 0.3 is 6.09 Å². The van der Waals surface area contributed by atoms with Gasteiger partial charge in [0.15, 0.2) is 5.82 Å². The first-order chi connectivity index (χ1) is 15.7. The van der Waals surface area contributed by atoms with Crippen molar-refractivity contribution in [3.63, 3.8) is 0 Å². The number of aryl methyl sites for hydroxylation is 2. The highest BCUT2D eigenvalue weighted by Crippen LogP contribution is 2.38. The quantitative estimate of drug-likeness (QED) is 0.505. The average Bonchev–Trinajstić information content (AvgIpc) is 3.36. The van der Waals surface area contributed by atoms with E-state index in [1.807, 2.05) is 13.8 Å². The van der Waals surface area contributed by atoms with Gasteiger partial charge in [-0.05, 0) is 38.8 Å². The number of cyclic esters (lactones) is 1. The van der Waals surface area contributed by atoms with Crippen LogP contribution in [-0.2, 0) is 11.3 Å². The highest BCUT2D eigenvalue weighted by molar-refractivity contribution is 7.11. The lowest BCUT2D eigenvalue weighted by molar-refractivity contribution is 0.0759. The number of aromatic nitrogens is 3. The van der Waals surface area contributed by atoms with Gasteiger partial charge < -0.3 is 9.64 Å². The number of thiazole rings is 1. The van der Waals surface area contributed by atoms with Crippen LogP contribution in [0, 0.1) is 19.7 Å². The standard InChI is InChI=1S/C22H23ClFN5O3S/c1-12-13(2)33-18(26-12)11-29-10-14(9-25-29)21(30)28(3)8-4-5-17-19-16(27-22(31)32-17)7-6-15(23)20(19)24/h6-7,9-10,17H,4-5,8,11H2,1-3H3,(H,27,31). The van der Waals surface area contributed by atoms with E-state index in [2.05, 4.69) is 15.4 Å². The lowest BCUT2D eigenvalue weighted by atomic mass is 10.0. The Morgan fingerprint density at radius 1 is 1.39 bits per heavy atom. The molecule has 8 nitrogen and oxygen atoms in total. The van der Waals surface area contributed by atoms with Crippen LogP contribution in [0.1, 0.15) is 50.4 Å². The molecule has 0 fully saturated rings. The molecule has 33 heavy (non-hydrogen) atoms. The number of ether oxygens (including phenoxy) is 1. The van der Waals surface area contributed by atoms with Gasteiger partial charge in [-0.3, -0.25) is 14.8 Å². The molecule has 1 N–H and O–H groups in total. The first-order valence-corrected chi connectivity index (χ1v) is 11.6. The van der Waals surface area contributed by atoms with Gasteiger partial charge in [-0.15, -0.1) is 11.3 Å². The molecule has 0 saturated heterocycles. The maximum absolute atomic E-state index is 14.5. The molecule has 1 aromatic carbocycles. The van der Waals surface area contributed by atoms with Crippen molar-refractivity contribution >= 4 is 40.6 Å². The number of rotatable bonds is 7. The molecule has 1 atom stereocenters. The van der Waals surface area contributed by atoms with Gasteiger partial charge in [-0.1, -0.05) is 11.6 Å². The lowest BCUT2D eigenvalue weighted by Gasteiger charge is -2.27. The molecule has 2 aromatic heterocycles. The number of amides is 2. The van der Waals surface area contributed by atoms with Gasteiger partial charge in [0, 0.05) is 24.7 Å². The SMILES string of the molecule is Cc1nc(Cn2cc(C(=O)N(C)CCCC3OC(=O)Nc4ccc(Cl)c(F)c43)cn2)sc1C. The summed E-state index contributed by atoms with van der Waals surface area (Å²) in [4.78, 5) is 31.8. The minimum Gasteiger partial charge on any atom is -0.441 e. The van der Waals surface area contributed by atoms with E-state index in [9.17, 15) is 14.0 Å². The van der Waals surface area contributed by atoms with Crippen LogP contribution in [-0.4, -0.2) is 45.3 Å². The predicted octanol–water partition coefficient (Wildman–Crippen LogP) is 4.95. The molecule has 2 amide bonds. The Hall–Kier alpha value is -2.98. The van der Waals surface area contributed by atoms with Gasteiger partial charge in [0.1, 0.15) is 11.1 Å². The van der Waals surface area contributed by atoms with Crippen LogP contribution < -0.4 is 5.32 Å². The maximum Gasteiger partial charge on any atom is 0.412 e. The number of fused-ring (bicyclic) bond motifs is 1. The summed E-state index contributed by atoms with van der Waals surface area (Å²) in [5.74, 6) is -0.786. The minimum atomic E-state index is -0.774. The summed E-state index contributed by atoms with van der Waals surface area (Å²) in [6.07, 6.45) is 2.66. The summed E-state index contributed by atoms with van der Waals surface area (Å²) < 4.78 is 21.5. The minimum absolute atomic E-state index is 0.0362. The largest absolute Gasteiger partial charge is 0.441 e. The average molecular weight is 492 g/mol. The highest BCUT2D eigenvalue weighted by atomic mass is 35.5. The predicted molar refractivity (Wildman–Crippen MR) is 123 cm³/mol. The van der Waals surface area contributed by atoms with Crippen LogP contribution >= 0.6 is 22.9 Å². The van der Waals surface area contributed by atoms with E-state index in [1.54, 1.807) is 40.2 Å². The van der Waals surface area contributed by atoms with Crippen molar-refractivity contribution in [3.8, 4) is 0 Å². The second-order valence-corrected chi connectivity index (χ2v) is 9.58. The van der Waals surface area contributed by atoms with E-state index in [4.69, 9.17) is 16.3 Å². The zero-order valence-corrected chi connectivity index (χ0v) is 20.0. The molecule has 0 bridgehead atoms. The number of hydrogen-bond donors (Lipinski definition) is 1.